The molecule has 0 spiro atoms. The first-order valence-electron chi connectivity index (χ1n) is 10.3. The Kier molecular flexibility index (Phi) is 5.47. The van der Waals surface area contributed by atoms with Gasteiger partial charge < -0.3 is 14.8 Å². The minimum atomic E-state index is 0.0356. The lowest BCUT2D eigenvalue weighted by Gasteiger charge is -2.19. The molecule has 0 amide bonds. The average Bonchev–Trinajstić information content (AvgIpc) is 3.30. The lowest BCUT2D eigenvalue weighted by atomic mass is 10.0. The summed E-state index contributed by atoms with van der Waals surface area (Å²) in [5.41, 5.74) is 6.83. The molecule has 1 atom stereocenters. The maximum atomic E-state index is 11.7. The van der Waals surface area contributed by atoms with Crippen molar-refractivity contribution >= 4 is 17.2 Å². The van der Waals surface area contributed by atoms with Crippen molar-refractivity contribution in [1.29, 1.82) is 0 Å². The molecule has 7 nitrogen and oxygen atoms in total. The average molecular weight is 409 g/mol. The molecule has 0 radical (unpaired) electrons. The standard InChI is InChI=1S/C23H28N4O3/c1-6-16(10-14(3)28)24-22-19-11-30-12-20(19)25-23-21(15(4)26-27(22)23)18-8-7-17(29-5)9-13(18)2/h7-9,16,24H,6,10-12H2,1-5H3/t16-/m1/s1. The third-order valence-electron chi connectivity index (χ3n) is 5.68. The van der Waals surface area contributed by atoms with Crippen molar-refractivity contribution < 1.29 is 14.3 Å². The summed E-state index contributed by atoms with van der Waals surface area (Å²) in [4.78, 5) is 16.7. The van der Waals surface area contributed by atoms with E-state index in [2.05, 4.69) is 25.2 Å². The van der Waals surface area contributed by atoms with Crippen LogP contribution in [-0.2, 0) is 22.7 Å². The van der Waals surface area contributed by atoms with E-state index in [1.165, 1.54) is 0 Å². The van der Waals surface area contributed by atoms with Crippen molar-refractivity contribution in [3.63, 3.8) is 0 Å². The van der Waals surface area contributed by atoms with E-state index in [0.717, 1.165) is 57.3 Å². The minimum absolute atomic E-state index is 0.0356. The van der Waals surface area contributed by atoms with Crippen LogP contribution in [-0.4, -0.2) is 33.5 Å². The summed E-state index contributed by atoms with van der Waals surface area (Å²) < 4.78 is 12.9. The zero-order valence-corrected chi connectivity index (χ0v) is 18.2. The molecule has 3 aromatic rings. The number of fused-ring (bicyclic) bond motifs is 2. The number of methoxy groups -OCH3 is 1. The van der Waals surface area contributed by atoms with Crippen LogP contribution in [0.15, 0.2) is 18.2 Å². The van der Waals surface area contributed by atoms with Crippen LogP contribution in [0.25, 0.3) is 16.8 Å². The van der Waals surface area contributed by atoms with Gasteiger partial charge in [0.1, 0.15) is 17.4 Å². The summed E-state index contributed by atoms with van der Waals surface area (Å²) in [5.74, 6) is 1.87. The maximum absolute atomic E-state index is 11.7. The number of carbonyl (C=O) groups is 1. The summed E-state index contributed by atoms with van der Waals surface area (Å²) in [6.07, 6.45) is 1.31. The number of Topliss-reactive ketones (excluding diaryl/α,β-unsaturated/α-hetero) is 1. The predicted octanol–water partition coefficient (Wildman–Crippen LogP) is 4.22. The second-order valence-corrected chi connectivity index (χ2v) is 7.91. The molecule has 0 aliphatic carbocycles. The largest absolute Gasteiger partial charge is 0.497 e. The van der Waals surface area contributed by atoms with Gasteiger partial charge in [0, 0.05) is 23.6 Å². The van der Waals surface area contributed by atoms with Gasteiger partial charge in [0.25, 0.3) is 0 Å². The van der Waals surface area contributed by atoms with Gasteiger partial charge in [-0.25, -0.2) is 4.98 Å². The normalized spacial score (nSPS) is 14.0. The molecule has 1 N–H and O–H groups in total. The maximum Gasteiger partial charge on any atom is 0.165 e. The summed E-state index contributed by atoms with van der Waals surface area (Å²) in [6, 6.07) is 6.07. The predicted molar refractivity (Wildman–Crippen MR) is 116 cm³/mol. The number of nitrogens with zero attached hydrogens (tertiary/aromatic N) is 3. The fraction of sp³-hybridized carbons (Fsp3) is 0.435. The van der Waals surface area contributed by atoms with Crippen LogP contribution in [0.4, 0.5) is 5.82 Å². The van der Waals surface area contributed by atoms with Crippen molar-refractivity contribution in [2.45, 2.75) is 59.8 Å². The van der Waals surface area contributed by atoms with Gasteiger partial charge in [-0.05, 0) is 50.5 Å². The molecule has 0 fully saturated rings. The molecule has 0 saturated heterocycles. The van der Waals surface area contributed by atoms with E-state index in [9.17, 15) is 4.79 Å². The fourth-order valence-electron chi connectivity index (χ4n) is 4.10. The number of hydrogen-bond donors (Lipinski definition) is 1. The Labute approximate surface area is 176 Å². The molecule has 1 aromatic carbocycles. The van der Waals surface area contributed by atoms with E-state index in [0.29, 0.717) is 19.6 Å². The highest BCUT2D eigenvalue weighted by Gasteiger charge is 2.26. The van der Waals surface area contributed by atoms with E-state index in [4.69, 9.17) is 19.6 Å². The second-order valence-electron chi connectivity index (χ2n) is 7.91. The van der Waals surface area contributed by atoms with Gasteiger partial charge >= 0.3 is 0 Å². The summed E-state index contributed by atoms with van der Waals surface area (Å²) in [5, 5.41) is 8.40. The summed E-state index contributed by atoms with van der Waals surface area (Å²) >= 11 is 0. The SMILES string of the molecule is CC[C@H](CC(C)=O)Nc1c2c(nc3c(-c4ccc(OC)cc4C)c(C)nn13)COC2. The molecule has 2 aromatic heterocycles. The molecular weight excluding hydrogens is 380 g/mol. The molecule has 0 bridgehead atoms. The summed E-state index contributed by atoms with van der Waals surface area (Å²) in [6.45, 7) is 8.75. The Balaban J connectivity index is 1.90. The van der Waals surface area contributed by atoms with Gasteiger partial charge in [-0.1, -0.05) is 13.0 Å². The van der Waals surface area contributed by atoms with Crippen molar-refractivity contribution in [3.05, 3.63) is 40.7 Å². The number of aromatic nitrogens is 3. The van der Waals surface area contributed by atoms with Crippen molar-refractivity contribution in [1.82, 2.24) is 14.6 Å². The van der Waals surface area contributed by atoms with E-state index < -0.39 is 0 Å². The van der Waals surface area contributed by atoms with E-state index in [1.807, 2.05) is 23.6 Å². The molecule has 0 saturated carbocycles. The van der Waals surface area contributed by atoms with Gasteiger partial charge in [0.2, 0.25) is 0 Å². The summed E-state index contributed by atoms with van der Waals surface area (Å²) in [7, 11) is 1.67. The third-order valence-corrected chi connectivity index (χ3v) is 5.68. The third kappa shape index (κ3) is 3.54. The highest BCUT2D eigenvalue weighted by atomic mass is 16.5. The molecule has 7 heteroatoms. The van der Waals surface area contributed by atoms with Gasteiger partial charge in [-0.3, -0.25) is 4.79 Å². The van der Waals surface area contributed by atoms with Crippen LogP contribution in [0.2, 0.25) is 0 Å². The molecular formula is C23H28N4O3. The number of ether oxygens (including phenoxy) is 2. The van der Waals surface area contributed by atoms with Crippen LogP contribution < -0.4 is 10.1 Å². The molecule has 1 aliphatic heterocycles. The molecule has 4 rings (SSSR count). The first-order valence-corrected chi connectivity index (χ1v) is 10.3. The number of benzene rings is 1. The van der Waals surface area contributed by atoms with E-state index in [1.54, 1.807) is 14.0 Å². The highest BCUT2D eigenvalue weighted by molar-refractivity contribution is 5.83. The van der Waals surface area contributed by atoms with Crippen molar-refractivity contribution in [3.8, 4) is 16.9 Å². The molecule has 0 unspecified atom stereocenters. The minimum Gasteiger partial charge on any atom is -0.497 e. The zero-order chi connectivity index (χ0) is 21.4. The Morgan fingerprint density at radius 3 is 2.80 bits per heavy atom. The van der Waals surface area contributed by atoms with E-state index >= 15 is 0 Å². The Hall–Kier alpha value is -2.93. The monoisotopic (exact) mass is 408 g/mol. The molecule has 3 heterocycles. The zero-order valence-electron chi connectivity index (χ0n) is 18.2. The molecule has 1 aliphatic rings. The number of anilines is 1. The van der Waals surface area contributed by atoms with Gasteiger partial charge in [0.15, 0.2) is 5.65 Å². The number of carbonyl (C=O) groups excluding carboxylic acids is 1. The van der Waals surface area contributed by atoms with Crippen LogP contribution in [0.1, 0.15) is 49.2 Å². The highest BCUT2D eigenvalue weighted by Crippen LogP contribution is 2.36. The van der Waals surface area contributed by atoms with Crippen LogP contribution >= 0.6 is 0 Å². The van der Waals surface area contributed by atoms with Crippen molar-refractivity contribution in [2.24, 2.45) is 0 Å². The first-order chi connectivity index (χ1) is 14.4. The Morgan fingerprint density at radius 2 is 2.13 bits per heavy atom. The number of aryl methyl sites for hydroxylation is 2. The van der Waals surface area contributed by atoms with E-state index in [-0.39, 0.29) is 11.8 Å². The smallest absolute Gasteiger partial charge is 0.165 e. The van der Waals surface area contributed by atoms with Crippen LogP contribution in [0, 0.1) is 13.8 Å². The lowest BCUT2D eigenvalue weighted by Crippen LogP contribution is -2.24. The topological polar surface area (TPSA) is 77.8 Å². The number of hydrogen-bond acceptors (Lipinski definition) is 6. The second kappa shape index (κ2) is 8.07. The van der Waals surface area contributed by atoms with Crippen molar-refractivity contribution in [2.75, 3.05) is 12.4 Å². The number of ketones is 1. The van der Waals surface area contributed by atoms with Gasteiger partial charge in [-0.2, -0.15) is 9.61 Å². The lowest BCUT2D eigenvalue weighted by molar-refractivity contribution is -0.117. The Bertz CT molecular complexity index is 1120. The van der Waals surface area contributed by atoms with Crippen LogP contribution in [0.3, 0.4) is 0 Å². The fourth-order valence-corrected chi connectivity index (χ4v) is 4.10. The Morgan fingerprint density at radius 1 is 1.33 bits per heavy atom. The van der Waals surface area contributed by atoms with Crippen LogP contribution in [0.5, 0.6) is 5.75 Å². The molecule has 158 valence electrons. The van der Waals surface area contributed by atoms with Gasteiger partial charge in [-0.15, -0.1) is 0 Å². The molecule has 30 heavy (non-hydrogen) atoms. The quantitative estimate of drug-likeness (QED) is 0.631. The number of nitrogens with one attached hydrogen (secondary N) is 1. The number of rotatable bonds is 7. The first kappa shape index (κ1) is 20.3. The van der Waals surface area contributed by atoms with Gasteiger partial charge in [0.05, 0.1) is 31.7 Å².